The maximum Gasteiger partial charge on any atom is 0.198 e. The summed E-state index contributed by atoms with van der Waals surface area (Å²) in [5.41, 5.74) is 0. The Bertz CT molecular complexity index is 78.8. The minimum absolute atomic E-state index is 0.624. The summed E-state index contributed by atoms with van der Waals surface area (Å²) in [6, 6.07) is 0. The minimum atomic E-state index is 0.624. The number of hydrogen-bond acceptors (Lipinski definition) is 1. The van der Waals surface area contributed by atoms with Crippen LogP contribution in [0.25, 0.3) is 0 Å². The van der Waals surface area contributed by atoms with E-state index in [9.17, 15) is 4.79 Å². The van der Waals surface area contributed by atoms with Gasteiger partial charge in [0.25, 0.3) is 0 Å². The molecule has 1 atom stereocenters. The lowest BCUT2D eigenvalue weighted by Crippen LogP contribution is -1.97. The van der Waals surface area contributed by atoms with Crippen LogP contribution in [0.5, 0.6) is 0 Å². The normalized spacial score (nSPS) is 13.0. The van der Waals surface area contributed by atoms with Crippen molar-refractivity contribution in [1.82, 2.24) is 0 Å². The summed E-state index contributed by atoms with van der Waals surface area (Å²) in [4.78, 5) is 9.90. The van der Waals surface area contributed by atoms with E-state index in [2.05, 4.69) is 13.8 Å². The summed E-state index contributed by atoms with van der Waals surface area (Å²) in [5.74, 6) is 0.756. The average Bonchev–Trinajstić information content (AvgIpc) is 1.98. The van der Waals surface area contributed by atoms with E-state index in [4.69, 9.17) is 0 Å². The zero-order valence-electron chi connectivity index (χ0n) is 7.02. The molecular weight excluding hydrogens is 124 g/mol. The third-order valence-electron chi connectivity index (χ3n) is 1.93. The van der Waals surface area contributed by atoms with E-state index in [0.29, 0.717) is 6.42 Å². The molecule has 0 aliphatic carbocycles. The van der Waals surface area contributed by atoms with Gasteiger partial charge in [0.1, 0.15) is 0 Å². The van der Waals surface area contributed by atoms with E-state index in [-0.39, 0.29) is 0 Å². The van der Waals surface area contributed by atoms with Crippen molar-refractivity contribution >= 4 is 6.29 Å². The van der Waals surface area contributed by atoms with Gasteiger partial charge in [-0.3, -0.25) is 4.79 Å². The smallest absolute Gasteiger partial charge is 0.198 e. The van der Waals surface area contributed by atoms with Crippen molar-refractivity contribution < 1.29 is 4.79 Å². The van der Waals surface area contributed by atoms with Crippen LogP contribution in [0.1, 0.15) is 46.0 Å². The molecule has 1 unspecified atom stereocenters. The molecule has 0 aromatic rings. The molecule has 0 saturated carbocycles. The second-order valence-electron chi connectivity index (χ2n) is 2.75. The lowest BCUT2D eigenvalue weighted by atomic mass is 9.96. The van der Waals surface area contributed by atoms with Gasteiger partial charge in [-0.2, -0.15) is 0 Å². The second kappa shape index (κ2) is 6.79. The maximum absolute atomic E-state index is 9.90. The number of rotatable bonds is 6. The highest BCUT2D eigenvalue weighted by Gasteiger charge is 2.03. The number of carbonyl (C=O) groups excluding carboxylic acids is 1. The fourth-order valence-corrected chi connectivity index (χ4v) is 1.22. The van der Waals surface area contributed by atoms with Crippen LogP contribution < -0.4 is 0 Å². The standard InChI is InChI=1S/C9H17O/c1-3-6-9(4-2)7-5-8-10/h9H,3-7H2,1-2H3. The summed E-state index contributed by atoms with van der Waals surface area (Å²) in [5, 5.41) is 0. The molecule has 59 valence electrons. The Morgan fingerprint density at radius 3 is 2.40 bits per heavy atom. The molecule has 0 aliphatic rings. The monoisotopic (exact) mass is 141 g/mol. The summed E-state index contributed by atoms with van der Waals surface area (Å²) < 4.78 is 0. The van der Waals surface area contributed by atoms with Crippen molar-refractivity contribution in [1.29, 1.82) is 0 Å². The highest BCUT2D eigenvalue weighted by atomic mass is 16.1. The topological polar surface area (TPSA) is 17.1 Å². The van der Waals surface area contributed by atoms with Gasteiger partial charge in [0.15, 0.2) is 6.29 Å². The largest absolute Gasteiger partial charge is 0.291 e. The Morgan fingerprint density at radius 1 is 1.30 bits per heavy atom. The Hall–Kier alpha value is -0.330. The second-order valence-corrected chi connectivity index (χ2v) is 2.75. The molecule has 0 bridgehead atoms. The van der Waals surface area contributed by atoms with Crippen molar-refractivity contribution in [3.05, 3.63) is 0 Å². The lowest BCUT2D eigenvalue weighted by Gasteiger charge is -2.10. The molecule has 0 rings (SSSR count). The molecule has 0 N–H and O–H groups in total. The van der Waals surface area contributed by atoms with Crippen molar-refractivity contribution in [3.8, 4) is 0 Å². The maximum atomic E-state index is 9.90. The van der Waals surface area contributed by atoms with Gasteiger partial charge in [-0.1, -0.05) is 33.1 Å². The first-order chi connectivity index (χ1) is 4.85. The molecule has 0 heterocycles. The van der Waals surface area contributed by atoms with Gasteiger partial charge in [-0.15, -0.1) is 0 Å². The van der Waals surface area contributed by atoms with Gasteiger partial charge in [-0.25, -0.2) is 0 Å². The first kappa shape index (κ1) is 9.67. The predicted molar refractivity (Wildman–Crippen MR) is 43.6 cm³/mol. The first-order valence-corrected chi connectivity index (χ1v) is 4.20. The van der Waals surface area contributed by atoms with Crippen LogP contribution >= 0.6 is 0 Å². The van der Waals surface area contributed by atoms with Crippen LogP contribution in [-0.2, 0) is 4.79 Å². The third-order valence-corrected chi connectivity index (χ3v) is 1.93. The zero-order valence-corrected chi connectivity index (χ0v) is 7.02. The Labute approximate surface area is 63.8 Å². The Kier molecular flexibility index (Phi) is 6.56. The molecule has 0 aromatic heterocycles. The van der Waals surface area contributed by atoms with Gasteiger partial charge in [-0.05, 0) is 12.3 Å². The molecule has 10 heavy (non-hydrogen) atoms. The van der Waals surface area contributed by atoms with E-state index >= 15 is 0 Å². The highest BCUT2D eigenvalue weighted by molar-refractivity contribution is 5.50. The fourth-order valence-electron chi connectivity index (χ4n) is 1.22. The molecule has 0 aliphatic heterocycles. The van der Waals surface area contributed by atoms with E-state index in [1.165, 1.54) is 19.3 Å². The van der Waals surface area contributed by atoms with E-state index in [0.717, 1.165) is 12.3 Å². The van der Waals surface area contributed by atoms with Crippen LogP contribution in [-0.4, -0.2) is 6.29 Å². The molecule has 0 amide bonds. The van der Waals surface area contributed by atoms with Crippen molar-refractivity contribution in [2.24, 2.45) is 5.92 Å². The summed E-state index contributed by atoms with van der Waals surface area (Å²) in [6.45, 7) is 4.37. The Balaban J connectivity index is 3.29. The molecule has 1 heteroatoms. The Morgan fingerprint density at radius 2 is 2.00 bits per heavy atom. The van der Waals surface area contributed by atoms with Crippen molar-refractivity contribution in [3.63, 3.8) is 0 Å². The zero-order chi connectivity index (χ0) is 7.82. The van der Waals surface area contributed by atoms with Gasteiger partial charge in [0.05, 0.1) is 0 Å². The summed E-state index contributed by atoms with van der Waals surface area (Å²) in [6.07, 6.45) is 7.30. The van der Waals surface area contributed by atoms with Crippen LogP contribution in [0, 0.1) is 5.92 Å². The van der Waals surface area contributed by atoms with Crippen LogP contribution in [0.15, 0.2) is 0 Å². The first-order valence-electron chi connectivity index (χ1n) is 4.20. The van der Waals surface area contributed by atoms with Crippen molar-refractivity contribution in [2.45, 2.75) is 46.0 Å². The fraction of sp³-hybridized carbons (Fsp3) is 0.889. The minimum Gasteiger partial charge on any atom is -0.291 e. The van der Waals surface area contributed by atoms with Crippen LogP contribution in [0.3, 0.4) is 0 Å². The predicted octanol–water partition coefficient (Wildman–Crippen LogP) is 2.70. The van der Waals surface area contributed by atoms with Gasteiger partial charge in [0, 0.05) is 6.42 Å². The molecule has 0 fully saturated rings. The van der Waals surface area contributed by atoms with Crippen LogP contribution in [0.4, 0.5) is 0 Å². The van der Waals surface area contributed by atoms with Gasteiger partial charge >= 0.3 is 0 Å². The average molecular weight is 141 g/mol. The molecular formula is C9H17O. The molecule has 0 aromatic carbocycles. The van der Waals surface area contributed by atoms with E-state index in [1.54, 1.807) is 0 Å². The van der Waals surface area contributed by atoms with Gasteiger partial charge in [0.2, 0.25) is 0 Å². The summed E-state index contributed by atoms with van der Waals surface area (Å²) in [7, 11) is 0. The van der Waals surface area contributed by atoms with Crippen LogP contribution in [0.2, 0.25) is 0 Å². The third kappa shape index (κ3) is 4.54. The summed E-state index contributed by atoms with van der Waals surface area (Å²) >= 11 is 0. The van der Waals surface area contributed by atoms with E-state index < -0.39 is 0 Å². The molecule has 0 spiro atoms. The molecule has 1 nitrogen and oxygen atoms in total. The van der Waals surface area contributed by atoms with Crippen molar-refractivity contribution in [2.75, 3.05) is 0 Å². The quantitative estimate of drug-likeness (QED) is 0.556. The highest BCUT2D eigenvalue weighted by Crippen LogP contribution is 2.15. The van der Waals surface area contributed by atoms with E-state index in [1.807, 2.05) is 6.29 Å². The van der Waals surface area contributed by atoms with Gasteiger partial charge < -0.3 is 0 Å². The molecule has 0 saturated heterocycles. The lowest BCUT2D eigenvalue weighted by molar-refractivity contribution is 0.433. The molecule has 1 radical (unpaired) electrons. The number of hydrogen-bond donors (Lipinski definition) is 0. The SMILES string of the molecule is CCCC(CC)CC[C]=O.